The number of morpholine rings is 1. The largest absolute Gasteiger partial charge is 0.399 e. The Morgan fingerprint density at radius 3 is 3.10 bits per heavy atom. The average Bonchev–Trinajstić information content (AvgIpc) is 2.46. The quantitative estimate of drug-likeness (QED) is 0.822. The van der Waals surface area contributed by atoms with E-state index in [2.05, 4.69) is 17.1 Å². The van der Waals surface area contributed by atoms with Crippen LogP contribution in [-0.4, -0.2) is 42.6 Å². The zero-order chi connectivity index (χ0) is 14.5. The summed E-state index contributed by atoms with van der Waals surface area (Å²) in [5, 5.41) is 2.91. The van der Waals surface area contributed by atoms with E-state index in [1.165, 1.54) is 0 Å². The summed E-state index contributed by atoms with van der Waals surface area (Å²) in [4.78, 5) is 14.4. The van der Waals surface area contributed by atoms with Gasteiger partial charge < -0.3 is 15.8 Å². The van der Waals surface area contributed by atoms with Gasteiger partial charge in [-0.25, -0.2) is 0 Å². The molecular weight excluding hydrogens is 254 g/mol. The molecule has 0 saturated carbocycles. The first-order valence-corrected chi connectivity index (χ1v) is 7.12. The molecule has 2 unspecified atom stereocenters. The number of ether oxygens (including phenoxy) is 1. The highest BCUT2D eigenvalue weighted by molar-refractivity contribution is 5.94. The number of nitrogens with zero attached hydrogens (tertiary/aromatic N) is 1. The molecule has 110 valence electrons. The lowest BCUT2D eigenvalue weighted by atomic mass is 10.1. The number of rotatable bonds is 4. The van der Waals surface area contributed by atoms with E-state index in [1.807, 2.05) is 19.1 Å². The molecule has 1 aliphatic rings. The van der Waals surface area contributed by atoms with Gasteiger partial charge in [0.2, 0.25) is 5.91 Å². The topological polar surface area (TPSA) is 67.6 Å². The van der Waals surface area contributed by atoms with E-state index in [1.54, 1.807) is 12.1 Å². The first kappa shape index (κ1) is 14.8. The SMILES string of the molecule is CCC1CN(C(C)C(=O)Nc2cccc(N)c2)CCO1. The number of benzene rings is 1. The Balaban J connectivity index is 1.94. The normalized spacial score (nSPS) is 21.4. The fourth-order valence-electron chi connectivity index (χ4n) is 2.37. The third-order valence-corrected chi connectivity index (χ3v) is 3.71. The number of carbonyl (C=O) groups excluding carboxylic acids is 1. The molecule has 1 heterocycles. The number of hydrogen-bond acceptors (Lipinski definition) is 4. The maximum Gasteiger partial charge on any atom is 0.241 e. The fraction of sp³-hybridized carbons (Fsp3) is 0.533. The highest BCUT2D eigenvalue weighted by Crippen LogP contribution is 2.15. The van der Waals surface area contributed by atoms with Crippen molar-refractivity contribution >= 4 is 17.3 Å². The third-order valence-electron chi connectivity index (χ3n) is 3.71. The Labute approximate surface area is 120 Å². The second-order valence-electron chi connectivity index (χ2n) is 5.19. The minimum atomic E-state index is -0.172. The van der Waals surface area contributed by atoms with E-state index in [-0.39, 0.29) is 18.1 Å². The molecule has 20 heavy (non-hydrogen) atoms. The van der Waals surface area contributed by atoms with Gasteiger partial charge in [-0.2, -0.15) is 0 Å². The van der Waals surface area contributed by atoms with Crippen LogP contribution >= 0.6 is 0 Å². The van der Waals surface area contributed by atoms with E-state index in [0.717, 1.165) is 25.2 Å². The van der Waals surface area contributed by atoms with Crippen molar-refractivity contribution < 1.29 is 9.53 Å². The van der Waals surface area contributed by atoms with Gasteiger partial charge in [0.25, 0.3) is 0 Å². The van der Waals surface area contributed by atoms with Crippen LogP contribution < -0.4 is 11.1 Å². The summed E-state index contributed by atoms with van der Waals surface area (Å²) < 4.78 is 5.63. The fourth-order valence-corrected chi connectivity index (χ4v) is 2.37. The molecule has 1 fully saturated rings. The van der Waals surface area contributed by atoms with Gasteiger partial charge in [0.1, 0.15) is 0 Å². The molecule has 1 aromatic rings. The molecule has 1 saturated heterocycles. The number of nitrogens with one attached hydrogen (secondary N) is 1. The van der Waals surface area contributed by atoms with Gasteiger partial charge in [0.15, 0.2) is 0 Å². The van der Waals surface area contributed by atoms with E-state index >= 15 is 0 Å². The lowest BCUT2D eigenvalue weighted by molar-refractivity contribution is -0.124. The molecule has 1 amide bonds. The van der Waals surface area contributed by atoms with Crippen LogP contribution in [0, 0.1) is 0 Å². The van der Waals surface area contributed by atoms with Gasteiger partial charge in [-0.1, -0.05) is 13.0 Å². The summed E-state index contributed by atoms with van der Waals surface area (Å²) in [6, 6.07) is 7.06. The number of amides is 1. The number of nitrogen functional groups attached to an aromatic ring is 1. The molecular formula is C15H23N3O2. The molecule has 0 aliphatic carbocycles. The lowest BCUT2D eigenvalue weighted by Gasteiger charge is -2.35. The van der Waals surface area contributed by atoms with E-state index in [0.29, 0.717) is 12.3 Å². The molecule has 1 aliphatic heterocycles. The molecule has 0 bridgehead atoms. The van der Waals surface area contributed by atoms with Gasteiger partial charge >= 0.3 is 0 Å². The van der Waals surface area contributed by atoms with Crippen LogP contribution in [0.3, 0.4) is 0 Å². The Morgan fingerprint density at radius 2 is 2.40 bits per heavy atom. The highest BCUT2D eigenvalue weighted by atomic mass is 16.5. The second kappa shape index (κ2) is 6.72. The molecule has 1 aromatic carbocycles. The predicted octanol–water partition coefficient (Wildman–Crippen LogP) is 1.71. The van der Waals surface area contributed by atoms with Crippen molar-refractivity contribution in [2.24, 2.45) is 0 Å². The second-order valence-corrected chi connectivity index (χ2v) is 5.19. The monoisotopic (exact) mass is 277 g/mol. The van der Waals surface area contributed by atoms with Crippen molar-refractivity contribution in [3.8, 4) is 0 Å². The summed E-state index contributed by atoms with van der Waals surface area (Å²) in [7, 11) is 0. The standard InChI is InChI=1S/C15H23N3O2/c1-3-14-10-18(7-8-20-14)11(2)15(19)17-13-6-4-5-12(16)9-13/h4-6,9,11,14H,3,7-8,10,16H2,1-2H3,(H,17,19). The predicted molar refractivity (Wildman–Crippen MR) is 80.6 cm³/mol. The first-order chi connectivity index (χ1) is 9.60. The molecule has 2 rings (SSSR count). The number of carbonyl (C=O) groups is 1. The summed E-state index contributed by atoms with van der Waals surface area (Å²) in [5.74, 6) is -0.00708. The number of nitrogens with two attached hydrogens (primary N) is 1. The van der Waals surface area contributed by atoms with Gasteiger partial charge in [-0.05, 0) is 31.5 Å². The van der Waals surface area contributed by atoms with Crippen LogP contribution in [0.25, 0.3) is 0 Å². The molecule has 0 aromatic heterocycles. The van der Waals surface area contributed by atoms with Crippen molar-refractivity contribution in [3.63, 3.8) is 0 Å². The number of anilines is 2. The van der Waals surface area contributed by atoms with E-state index < -0.39 is 0 Å². The van der Waals surface area contributed by atoms with Gasteiger partial charge in [-0.15, -0.1) is 0 Å². The maximum absolute atomic E-state index is 12.3. The van der Waals surface area contributed by atoms with Gasteiger partial charge in [-0.3, -0.25) is 9.69 Å². The summed E-state index contributed by atoms with van der Waals surface area (Å²) in [5.41, 5.74) is 7.10. The third kappa shape index (κ3) is 3.71. The number of hydrogen-bond donors (Lipinski definition) is 2. The van der Waals surface area contributed by atoms with Crippen LogP contribution in [0.1, 0.15) is 20.3 Å². The lowest BCUT2D eigenvalue weighted by Crippen LogP contribution is -2.50. The van der Waals surface area contributed by atoms with Crippen molar-refractivity contribution in [1.82, 2.24) is 4.90 Å². The van der Waals surface area contributed by atoms with Gasteiger partial charge in [0.05, 0.1) is 18.8 Å². The minimum absolute atomic E-state index is 0.00708. The van der Waals surface area contributed by atoms with Crippen molar-refractivity contribution in [3.05, 3.63) is 24.3 Å². The smallest absolute Gasteiger partial charge is 0.241 e. The van der Waals surface area contributed by atoms with Crippen molar-refractivity contribution in [1.29, 1.82) is 0 Å². The van der Waals surface area contributed by atoms with Crippen LogP contribution in [-0.2, 0) is 9.53 Å². The van der Waals surface area contributed by atoms with Crippen molar-refractivity contribution in [2.45, 2.75) is 32.4 Å². The molecule has 2 atom stereocenters. The molecule has 0 radical (unpaired) electrons. The van der Waals surface area contributed by atoms with Crippen molar-refractivity contribution in [2.75, 3.05) is 30.7 Å². The average molecular weight is 277 g/mol. The van der Waals surface area contributed by atoms with Crippen LogP contribution in [0.15, 0.2) is 24.3 Å². The summed E-state index contributed by atoms with van der Waals surface area (Å²) >= 11 is 0. The molecule has 0 spiro atoms. The Hall–Kier alpha value is -1.59. The maximum atomic E-state index is 12.3. The van der Waals surface area contributed by atoms with Crippen LogP contribution in [0.2, 0.25) is 0 Å². The molecule has 3 N–H and O–H groups in total. The molecule has 5 nitrogen and oxygen atoms in total. The summed E-state index contributed by atoms with van der Waals surface area (Å²) in [6.45, 7) is 6.32. The minimum Gasteiger partial charge on any atom is -0.399 e. The Bertz CT molecular complexity index is 464. The van der Waals surface area contributed by atoms with Gasteiger partial charge in [0, 0.05) is 24.5 Å². The van der Waals surface area contributed by atoms with Crippen LogP contribution in [0.4, 0.5) is 11.4 Å². The summed E-state index contributed by atoms with van der Waals surface area (Å²) in [6.07, 6.45) is 1.20. The Kier molecular flexibility index (Phi) is 4.98. The van der Waals surface area contributed by atoms with E-state index in [4.69, 9.17) is 10.5 Å². The first-order valence-electron chi connectivity index (χ1n) is 7.12. The Morgan fingerprint density at radius 1 is 1.60 bits per heavy atom. The zero-order valence-corrected chi connectivity index (χ0v) is 12.1. The molecule has 5 heteroatoms. The van der Waals surface area contributed by atoms with Crippen LogP contribution in [0.5, 0.6) is 0 Å². The van der Waals surface area contributed by atoms with E-state index in [9.17, 15) is 4.79 Å². The highest BCUT2D eigenvalue weighted by Gasteiger charge is 2.27. The zero-order valence-electron chi connectivity index (χ0n) is 12.1.